The number of benzene rings is 1. The van der Waals surface area contributed by atoms with E-state index in [0.717, 1.165) is 67.0 Å². The molecule has 1 rings (SSSR count). The standard InChI is InChI=1S/C19H28Br2O4/c1-3-5-7-9-11-13-14(12-10-8-6-4-2)17(22)18(25-19(23)24)16(21)15(13)20/h22H,3-12H2,1-2H3,(H,23,24). The van der Waals surface area contributed by atoms with E-state index in [0.29, 0.717) is 4.47 Å². The number of carboxylic acid groups (broad SMARTS) is 1. The second-order valence-corrected chi connectivity index (χ2v) is 7.84. The Bertz CT molecular complexity index is 573. The molecule has 0 saturated heterocycles. The number of rotatable bonds is 11. The van der Waals surface area contributed by atoms with Gasteiger partial charge in [-0.2, -0.15) is 0 Å². The lowest BCUT2D eigenvalue weighted by atomic mass is 9.95. The Morgan fingerprint density at radius 3 is 1.88 bits per heavy atom. The molecule has 0 spiro atoms. The zero-order chi connectivity index (χ0) is 18.8. The highest BCUT2D eigenvalue weighted by molar-refractivity contribution is 9.13. The molecule has 0 bridgehead atoms. The number of ether oxygens (including phenoxy) is 1. The summed E-state index contributed by atoms with van der Waals surface area (Å²) in [7, 11) is 0. The number of hydrogen-bond donors (Lipinski definition) is 2. The maximum Gasteiger partial charge on any atom is 0.511 e. The molecule has 0 atom stereocenters. The molecule has 0 aliphatic rings. The summed E-state index contributed by atoms with van der Waals surface area (Å²) in [5, 5.41) is 19.6. The van der Waals surface area contributed by atoms with Crippen LogP contribution < -0.4 is 4.74 Å². The van der Waals surface area contributed by atoms with Crippen molar-refractivity contribution in [3.05, 3.63) is 20.1 Å². The van der Waals surface area contributed by atoms with Crippen LogP contribution >= 0.6 is 31.9 Å². The summed E-state index contributed by atoms with van der Waals surface area (Å²) in [6, 6.07) is 0. The normalized spacial score (nSPS) is 10.9. The molecule has 0 saturated carbocycles. The Kier molecular flexibility index (Phi) is 10.5. The average molecular weight is 480 g/mol. The molecule has 4 nitrogen and oxygen atoms in total. The average Bonchev–Trinajstić information content (AvgIpc) is 2.58. The van der Waals surface area contributed by atoms with Gasteiger partial charge < -0.3 is 14.9 Å². The van der Waals surface area contributed by atoms with Gasteiger partial charge >= 0.3 is 6.16 Å². The minimum Gasteiger partial charge on any atom is -0.504 e. The zero-order valence-corrected chi connectivity index (χ0v) is 18.2. The first kappa shape index (κ1) is 22.3. The second-order valence-electron chi connectivity index (χ2n) is 6.25. The van der Waals surface area contributed by atoms with Crippen molar-refractivity contribution in [1.29, 1.82) is 0 Å². The Morgan fingerprint density at radius 1 is 0.880 bits per heavy atom. The van der Waals surface area contributed by atoms with Gasteiger partial charge in [0.2, 0.25) is 0 Å². The molecule has 0 unspecified atom stereocenters. The number of hydrogen-bond acceptors (Lipinski definition) is 3. The molecule has 0 aliphatic heterocycles. The van der Waals surface area contributed by atoms with Gasteiger partial charge in [0.25, 0.3) is 0 Å². The fraction of sp³-hybridized carbons (Fsp3) is 0.632. The van der Waals surface area contributed by atoms with Crippen LogP contribution in [0.4, 0.5) is 4.79 Å². The van der Waals surface area contributed by atoms with Crippen LogP contribution in [0.5, 0.6) is 11.5 Å². The molecule has 142 valence electrons. The van der Waals surface area contributed by atoms with Gasteiger partial charge in [-0.25, -0.2) is 4.79 Å². The van der Waals surface area contributed by atoms with Crippen LogP contribution in [-0.4, -0.2) is 16.4 Å². The Balaban J connectivity index is 3.14. The van der Waals surface area contributed by atoms with E-state index in [1.807, 2.05) is 0 Å². The number of phenols is 1. The van der Waals surface area contributed by atoms with Gasteiger partial charge in [-0.15, -0.1) is 0 Å². The molecule has 0 radical (unpaired) electrons. The van der Waals surface area contributed by atoms with Crippen LogP contribution in [0.3, 0.4) is 0 Å². The van der Waals surface area contributed by atoms with Crippen LogP contribution in [0.1, 0.15) is 76.3 Å². The molecule has 6 heteroatoms. The largest absolute Gasteiger partial charge is 0.511 e. The van der Waals surface area contributed by atoms with Crippen molar-refractivity contribution in [2.45, 2.75) is 78.1 Å². The second kappa shape index (κ2) is 11.8. The first-order valence-electron chi connectivity index (χ1n) is 9.06. The molecular weight excluding hydrogens is 452 g/mol. The topological polar surface area (TPSA) is 66.8 Å². The number of halogens is 2. The third-order valence-corrected chi connectivity index (χ3v) is 6.44. The van der Waals surface area contributed by atoms with E-state index in [1.54, 1.807) is 0 Å². The van der Waals surface area contributed by atoms with Gasteiger partial charge in [0.15, 0.2) is 11.5 Å². The highest BCUT2D eigenvalue weighted by atomic mass is 79.9. The molecule has 2 N–H and O–H groups in total. The summed E-state index contributed by atoms with van der Waals surface area (Å²) in [5.41, 5.74) is 1.86. The van der Waals surface area contributed by atoms with E-state index >= 15 is 0 Å². The number of carbonyl (C=O) groups is 1. The van der Waals surface area contributed by atoms with Gasteiger partial charge in [-0.05, 0) is 63.1 Å². The molecule has 1 aromatic carbocycles. The quantitative estimate of drug-likeness (QED) is 0.199. The monoisotopic (exact) mass is 478 g/mol. The number of phenolic OH excluding ortho intramolecular Hbond substituents is 1. The van der Waals surface area contributed by atoms with Gasteiger partial charge in [0.1, 0.15) is 0 Å². The smallest absolute Gasteiger partial charge is 0.504 e. The summed E-state index contributed by atoms with van der Waals surface area (Å²) in [6.07, 6.45) is 9.04. The van der Waals surface area contributed by atoms with E-state index < -0.39 is 6.16 Å². The van der Waals surface area contributed by atoms with Crippen molar-refractivity contribution in [2.75, 3.05) is 0 Å². The number of aromatic hydroxyl groups is 1. The van der Waals surface area contributed by atoms with Crippen LogP contribution in [0.15, 0.2) is 8.95 Å². The van der Waals surface area contributed by atoms with Crippen molar-refractivity contribution in [3.8, 4) is 11.5 Å². The van der Waals surface area contributed by atoms with Gasteiger partial charge in [-0.3, -0.25) is 0 Å². The first-order chi connectivity index (χ1) is 11.9. The zero-order valence-electron chi connectivity index (χ0n) is 15.0. The van der Waals surface area contributed by atoms with E-state index in [1.165, 1.54) is 12.8 Å². The lowest BCUT2D eigenvalue weighted by Gasteiger charge is -2.18. The van der Waals surface area contributed by atoms with Crippen LogP contribution in [0.2, 0.25) is 0 Å². The summed E-state index contributed by atoms with van der Waals surface area (Å²) >= 11 is 6.93. The van der Waals surface area contributed by atoms with Gasteiger partial charge in [0.05, 0.1) is 4.47 Å². The first-order valence-corrected chi connectivity index (χ1v) is 10.6. The Labute approximate surface area is 167 Å². The van der Waals surface area contributed by atoms with Crippen LogP contribution in [0.25, 0.3) is 0 Å². The summed E-state index contributed by atoms with van der Waals surface area (Å²) in [5.74, 6) is -0.0818. The fourth-order valence-corrected chi connectivity index (χ4v) is 4.04. The van der Waals surface area contributed by atoms with E-state index in [4.69, 9.17) is 9.84 Å². The van der Waals surface area contributed by atoms with Crippen molar-refractivity contribution >= 4 is 38.0 Å². The molecule has 0 aliphatic carbocycles. The molecular formula is C19H28Br2O4. The Morgan fingerprint density at radius 2 is 1.40 bits per heavy atom. The third-order valence-electron chi connectivity index (χ3n) is 4.27. The predicted molar refractivity (Wildman–Crippen MR) is 108 cm³/mol. The van der Waals surface area contributed by atoms with Gasteiger partial charge in [-0.1, -0.05) is 52.4 Å². The van der Waals surface area contributed by atoms with Crippen molar-refractivity contribution < 1.29 is 19.7 Å². The highest BCUT2D eigenvalue weighted by Gasteiger charge is 2.23. The van der Waals surface area contributed by atoms with Crippen molar-refractivity contribution in [2.24, 2.45) is 0 Å². The molecule has 25 heavy (non-hydrogen) atoms. The molecule has 0 fully saturated rings. The SMILES string of the molecule is CCCCCCc1c(O)c(OC(=O)O)c(Br)c(Br)c1CCCCCC. The molecule has 0 aromatic heterocycles. The van der Waals surface area contributed by atoms with Crippen molar-refractivity contribution in [1.82, 2.24) is 0 Å². The summed E-state index contributed by atoms with van der Waals surface area (Å²) in [6.45, 7) is 4.33. The number of unbranched alkanes of at least 4 members (excludes halogenated alkanes) is 6. The third kappa shape index (κ3) is 6.81. The summed E-state index contributed by atoms with van der Waals surface area (Å²) < 4.78 is 6.05. The summed E-state index contributed by atoms with van der Waals surface area (Å²) in [4.78, 5) is 11.0. The van der Waals surface area contributed by atoms with Crippen molar-refractivity contribution in [3.63, 3.8) is 0 Å². The molecule has 0 amide bonds. The maximum atomic E-state index is 11.0. The van der Waals surface area contributed by atoms with E-state index in [-0.39, 0.29) is 11.5 Å². The minimum absolute atomic E-state index is 0.0258. The Hall–Kier alpha value is -0.750. The van der Waals surface area contributed by atoms with E-state index in [2.05, 4.69) is 45.7 Å². The minimum atomic E-state index is -1.43. The van der Waals surface area contributed by atoms with Gasteiger partial charge in [0, 0.05) is 10.0 Å². The maximum absolute atomic E-state index is 11.0. The highest BCUT2D eigenvalue weighted by Crippen LogP contribution is 2.46. The lowest BCUT2D eigenvalue weighted by Crippen LogP contribution is -2.07. The predicted octanol–water partition coefficient (Wildman–Crippen LogP) is 7.22. The molecule has 0 heterocycles. The van der Waals surface area contributed by atoms with Crippen LogP contribution in [-0.2, 0) is 12.8 Å². The fourth-order valence-electron chi connectivity index (χ4n) is 2.92. The van der Waals surface area contributed by atoms with E-state index in [9.17, 15) is 9.90 Å². The lowest BCUT2D eigenvalue weighted by molar-refractivity contribution is 0.142. The van der Waals surface area contributed by atoms with Crippen LogP contribution in [0, 0.1) is 0 Å². The molecule has 1 aromatic rings.